The standard InChI is InChI=1S/C28H34F4N8O2S/c1-27(2,3)39(5)26-35-20(14-43-26)25(41)33-12-23-36-24(37-42-23)22-11-16-18(34-19-9-10-38(4)13-17(19)29)7-6-8-21(16)40(22)15-28(30,31)32/h6-8,11,14,17,19,34H,9-10,12-13,15H2,1-5H3,(H,33,41)/t17-,19+/m0/s1. The third kappa shape index (κ3) is 6.93. The van der Waals surface area contributed by atoms with Crippen molar-refractivity contribution in [1.29, 1.82) is 0 Å². The van der Waals surface area contributed by atoms with Gasteiger partial charge in [0.1, 0.15) is 18.4 Å². The number of halogens is 4. The van der Waals surface area contributed by atoms with Crippen molar-refractivity contribution >= 4 is 39.0 Å². The van der Waals surface area contributed by atoms with Crippen LogP contribution in [0.25, 0.3) is 22.4 Å². The van der Waals surface area contributed by atoms with Crippen LogP contribution in [0.1, 0.15) is 43.6 Å². The zero-order chi connectivity index (χ0) is 31.1. The van der Waals surface area contributed by atoms with E-state index in [0.29, 0.717) is 34.7 Å². The van der Waals surface area contributed by atoms with E-state index >= 15 is 0 Å². The lowest BCUT2D eigenvalue weighted by atomic mass is 10.0. The van der Waals surface area contributed by atoms with Crippen molar-refractivity contribution in [2.45, 2.75) is 64.2 Å². The SMILES string of the molecule is CN1CC[C@@H](Nc2cccc3c2cc(-c2noc(CNC(=O)c4csc(N(C)C(C)(C)C)n4)n2)n3CC(F)(F)F)[C@@H](F)C1. The van der Waals surface area contributed by atoms with Gasteiger partial charge in [0, 0.05) is 42.1 Å². The second kappa shape index (κ2) is 11.8. The average Bonchev–Trinajstić information content (AvgIpc) is 3.67. The third-order valence-corrected chi connectivity index (χ3v) is 8.40. The number of aromatic nitrogens is 4. The second-order valence-electron chi connectivity index (χ2n) is 11.7. The summed E-state index contributed by atoms with van der Waals surface area (Å²) in [5, 5.41) is 12.6. The van der Waals surface area contributed by atoms with Crippen molar-refractivity contribution in [2.75, 3.05) is 37.4 Å². The summed E-state index contributed by atoms with van der Waals surface area (Å²) in [6.45, 7) is 5.63. The van der Waals surface area contributed by atoms with Crippen LogP contribution in [0.2, 0.25) is 0 Å². The van der Waals surface area contributed by atoms with Crippen LogP contribution in [0.4, 0.5) is 28.4 Å². The highest BCUT2D eigenvalue weighted by molar-refractivity contribution is 7.14. The molecule has 0 radical (unpaired) electrons. The smallest absolute Gasteiger partial charge is 0.379 e. The van der Waals surface area contributed by atoms with Crippen LogP contribution >= 0.6 is 11.3 Å². The number of amides is 1. The first kappa shape index (κ1) is 30.7. The van der Waals surface area contributed by atoms with Crippen molar-refractivity contribution in [2.24, 2.45) is 0 Å². The molecule has 10 nitrogen and oxygen atoms in total. The number of nitrogens with zero attached hydrogens (tertiary/aromatic N) is 6. The maximum atomic E-state index is 14.8. The number of piperidine rings is 1. The zero-order valence-corrected chi connectivity index (χ0v) is 25.3. The molecule has 1 aliphatic rings. The summed E-state index contributed by atoms with van der Waals surface area (Å²) in [4.78, 5) is 25.2. The average molecular weight is 623 g/mol. The Kier molecular flexibility index (Phi) is 8.40. The summed E-state index contributed by atoms with van der Waals surface area (Å²) < 4.78 is 62.2. The number of carbonyl (C=O) groups is 1. The van der Waals surface area contributed by atoms with E-state index in [1.54, 1.807) is 29.6 Å². The minimum Gasteiger partial charge on any atom is -0.379 e. The number of likely N-dealkylation sites (tertiary alicyclic amines) is 1. The molecule has 1 aromatic carbocycles. The lowest BCUT2D eigenvalue weighted by molar-refractivity contribution is -0.139. The van der Waals surface area contributed by atoms with Crippen LogP contribution in [0, 0.1) is 0 Å². The summed E-state index contributed by atoms with van der Waals surface area (Å²) in [6.07, 6.45) is -5.11. The first-order valence-corrected chi connectivity index (χ1v) is 14.7. The number of alkyl halides is 4. The Hall–Kier alpha value is -3.72. The quantitative estimate of drug-likeness (QED) is 0.254. The van der Waals surface area contributed by atoms with Crippen molar-refractivity contribution in [3.63, 3.8) is 0 Å². The molecule has 0 bridgehead atoms. The number of thiazole rings is 1. The van der Waals surface area contributed by atoms with Gasteiger partial charge in [0.2, 0.25) is 11.7 Å². The Bertz CT molecular complexity index is 1590. The highest BCUT2D eigenvalue weighted by Crippen LogP contribution is 2.35. The molecule has 0 saturated carbocycles. The number of carbonyl (C=O) groups excluding carboxylic acids is 1. The number of hydrogen-bond acceptors (Lipinski definition) is 9. The molecule has 2 atom stereocenters. The van der Waals surface area contributed by atoms with Gasteiger partial charge in [-0.1, -0.05) is 11.2 Å². The van der Waals surface area contributed by atoms with E-state index in [4.69, 9.17) is 4.52 Å². The van der Waals surface area contributed by atoms with E-state index in [2.05, 4.69) is 25.8 Å². The topological polar surface area (TPSA) is 104 Å². The number of rotatable bonds is 8. The van der Waals surface area contributed by atoms with Gasteiger partial charge in [-0.05, 0) is 52.4 Å². The molecule has 0 unspecified atom stereocenters. The second-order valence-corrected chi connectivity index (χ2v) is 12.6. The fraction of sp³-hybridized carbons (Fsp3) is 0.500. The molecule has 0 spiro atoms. The fourth-order valence-corrected chi connectivity index (χ4v) is 5.81. The van der Waals surface area contributed by atoms with Gasteiger partial charge in [-0.3, -0.25) is 4.79 Å². The molecule has 0 aliphatic carbocycles. The van der Waals surface area contributed by atoms with Crippen molar-refractivity contribution in [1.82, 2.24) is 29.9 Å². The van der Waals surface area contributed by atoms with Crippen LogP contribution in [-0.2, 0) is 13.1 Å². The molecular formula is C28H34F4N8O2S. The van der Waals surface area contributed by atoms with Crippen LogP contribution in [0.5, 0.6) is 0 Å². The molecule has 43 heavy (non-hydrogen) atoms. The molecule has 1 fully saturated rings. The van der Waals surface area contributed by atoms with Gasteiger partial charge < -0.3 is 29.5 Å². The minimum absolute atomic E-state index is 0.0133. The van der Waals surface area contributed by atoms with E-state index in [-0.39, 0.29) is 41.7 Å². The number of anilines is 2. The molecule has 15 heteroatoms. The van der Waals surface area contributed by atoms with Crippen LogP contribution < -0.4 is 15.5 Å². The van der Waals surface area contributed by atoms with Gasteiger partial charge in [0.25, 0.3) is 5.91 Å². The third-order valence-electron chi connectivity index (χ3n) is 7.48. The first-order valence-electron chi connectivity index (χ1n) is 13.8. The Labute approximate surface area is 250 Å². The van der Waals surface area contributed by atoms with Gasteiger partial charge in [-0.25, -0.2) is 9.37 Å². The highest BCUT2D eigenvalue weighted by atomic mass is 32.1. The van der Waals surface area contributed by atoms with Crippen LogP contribution in [-0.4, -0.2) is 81.6 Å². The number of benzene rings is 1. The maximum Gasteiger partial charge on any atom is 0.406 e. The van der Waals surface area contributed by atoms with Gasteiger partial charge in [-0.15, -0.1) is 11.3 Å². The van der Waals surface area contributed by atoms with E-state index in [1.807, 2.05) is 44.7 Å². The zero-order valence-electron chi connectivity index (χ0n) is 24.5. The van der Waals surface area contributed by atoms with Crippen molar-refractivity contribution in [3.8, 4) is 11.5 Å². The Morgan fingerprint density at radius 3 is 2.70 bits per heavy atom. The number of fused-ring (bicyclic) bond motifs is 1. The molecule has 2 N–H and O–H groups in total. The Balaban J connectivity index is 1.37. The van der Waals surface area contributed by atoms with Gasteiger partial charge in [0.15, 0.2) is 5.13 Å². The summed E-state index contributed by atoms with van der Waals surface area (Å²) in [7, 11) is 3.74. The predicted molar refractivity (Wildman–Crippen MR) is 157 cm³/mol. The highest BCUT2D eigenvalue weighted by Gasteiger charge is 2.32. The van der Waals surface area contributed by atoms with Crippen LogP contribution in [0.3, 0.4) is 0 Å². The van der Waals surface area contributed by atoms with Gasteiger partial charge >= 0.3 is 6.18 Å². The Morgan fingerprint density at radius 1 is 1.23 bits per heavy atom. The minimum atomic E-state index is -4.53. The Morgan fingerprint density at radius 2 is 2.00 bits per heavy atom. The summed E-state index contributed by atoms with van der Waals surface area (Å²) in [5.41, 5.74) is 0.936. The maximum absolute atomic E-state index is 14.8. The molecule has 1 saturated heterocycles. The van der Waals surface area contributed by atoms with E-state index in [0.717, 1.165) is 4.57 Å². The molecule has 3 aromatic heterocycles. The molecule has 232 valence electrons. The molecule has 1 aliphatic heterocycles. The van der Waals surface area contributed by atoms with Crippen LogP contribution in [0.15, 0.2) is 34.2 Å². The molecule has 4 heterocycles. The fourth-order valence-electron chi connectivity index (χ4n) is 4.85. The van der Waals surface area contributed by atoms with Crippen molar-refractivity contribution in [3.05, 3.63) is 41.2 Å². The molecular weight excluding hydrogens is 588 g/mol. The predicted octanol–water partition coefficient (Wildman–Crippen LogP) is 5.33. The van der Waals surface area contributed by atoms with E-state index in [1.165, 1.54) is 11.3 Å². The summed E-state index contributed by atoms with van der Waals surface area (Å²) >= 11 is 1.34. The van der Waals surface area contributed by atoms with Gasteiger partial charge in [-0.2, -0.15) is 18.2 Å². The van der Waals surface area contributed by atoms with E-state index in [9.17, 15) is 22.4 Å². The van der Waals surface area contributed by atoms with Crippen molar-refractivity contribution < 1.29 is 26.9 Å². The lowest BCUT2D eigenvalue weighted by Gasteiger charge is -2.33. The number of nitrogens with one attached hydrogen (secondary N) is 2. The molecule has 1 amide bonds. The van der Waals surface area contributed by atoms with Gasteiger partial charge in [0.05, 0.1) is 23.8 Å². The first-order chi connectivity index (χ1) is 20.2. The summed E-state index contributed by atoms with van der Waals surface area (Å²) in [6, 6.07) is 5.98. The summed E-state index contributed by atoms with van der Waals surface area (Å²) in [5.74, 6) is -0.507. The molecule has 5 rings (SSSR count). The van der Waals surface area contributed by atoms with E-state index < -0.39 is 30.8 Å². The lowest BCUT2D eigenvalue weighted by Crippen LogP contribution is -2.46. The largest absolute Gasteiger partial charge is 0.406 e. The normalized spacial score (nSPS) is 18.3. The molecule has 4 aromatic rings. The number of hydrogen-bond donors (Lipinski definition) is 2. The monoisotopic (exact) mass is 622 g/mol.